The molecule has 3 aromatic carbocycles. The van der Waals surface area contributed by atoms with Gasteiger partial charge in [-0.3, -0.25) is 13.9 Å². The second kappa shape index (κ2) is 15.2. The van der Waals surface area contributed by atoms with Crippen molar-refractivity contribution in [3.8, 4) is 5.75 Å². The monoisotopic (exact) mass is 579 g/mol. The minimum Gasteiger partial charge on any atom is -0.494 e. The average molecular weight is 580 g/mol. The van der Waals surface area contributed by atoms with Crippen molar-refractivity contribution in [1.29, 1.82) is 0 Å². The van der Waals surface area contributed by atoms with Gasteiger partial charge in [-0.15, -0.1) is 0 Å². The predicted molar refractivity (Wildman–Crippen MR) is 162 cm³/mol. The van der Waals surface area contributed by atoms with E-state index < -0.39 is 28.5 Å². The van der Waals surface area contributed by atoms with E-state index in [-0.39, 0.29) is 23.3 Å². The second-order valence-electron chi connectivity index (χ2n) is 10.1. The fourth-order valence-electron chi connectivity index (χ4n) is 4.44. The Morgan fingerprint density at radius 2 is 1.49 bits per heavy atom. The molecule has 8 nitrogen and oxygen atoms in total. The van der Waals surface area contributed by atoms with Crippen molar-refractivity contribution in [3.63, 3.8) is 0 Å². The Bertz CT molecular complexity index is 1350. The Kier molecular flexibility index (Phi) is 11.8. The van der Waals surface area contributed by atoms with E-state index in [4.69, 9.17) is 4.74 Å². The van der Waals surface area contributed by atoms with Crippen LogP contribution in [0.2, 0.25) is 0 Å². The third kappa shape index (κ3) is 8.82. The Morgan fingerprint density at radius 3 is 2.05 bits per heavy atom. The largest absolute Gasteiger partial charge is 0.494 e. The normalized spacial score (nSPS) is 12.0. The molecule has 0 heterocycles. The summed E-state index contributed by atoms with van der Waals surface area (Å²) < 4.78 is 34.4. The Hall–Kier alpha value is -3.85. The zero-order valence-corrected chi connectivity index (χ0v) is 25.1. The summed E-state index contributed by atoms with van der Waals surface area (Å²) in [4.78, 5) is 28.8. The summed E-state index contributed by atoms with van der Waals surface area (Å²) in [5, 5.41) is 2.95. The molecule has 9 heteroatoms. The molecule has 1 N–H and O–H groups in total. The lowest BCUT2D eigenvalue weighted by Crippen LogP contribution is -2.53. The molecule has 0 radical (unpaired) electrons. The third-order valence-electron chi connectivity index (χ3n) is 6.60. The van der Waals surface area contributed by atoms with Crippen molar-refractivity contribution in [1.82, 2.24) is 10.2 Å². The van der Waals surface area contributed by atoms with Crippen LogP contribution in [0.25, 0.3) is 0 Å². The summed E-state index contributed by atoms with van der Waals surface area (Å²) >= 11 is 0. The summed E-state index contributed by atoms with van der Waals surface area (Å²) in [7, 11) is -4.13. The first kappa shape index (κ1) is 31.7. The van der Waals surface area contributed by atoms with E-state index in [2.05, 4.69) is 5.32 Å². The first-order valence-corrected chi connectivity index (χ1v) is 15.5. The molecule has 0 aliphatic heterocycles. The molecule has 0 unspecified atom stereocenters. The minimum atomic E-state index is -4.13. The number of rotatable bonds is 15. The van der Waals surface area contributed by atoms with E-state index >= 15 is 0 Å². The van der Waals surface area contributed by atoms with Crippen LogP contribution in [0.15, 0.2) is 89.8 Å². The van der Waals surface area contributed by atoms with Crippen molar-refractivity contribution < 1.29 is 22.7 Å². The number of para-hydroxylation sites is 1. The van der Waals surface area contributed by atoms with Gasteiger partial charge in [0.25, 0.3) is 10.0 Å². The lowest BCUT2D eigenvalue weighted by atomic mass is 10.1. The molecule has 1 atom stereocenters. The number of ether oxygens (including phenoxy) is 1. The van der Waals surface area contributed by atoms with Gasteiger partial charge in [0.2, 0.25) is 11.8 Å². The van der Waals surface area contributed by atoms with Gasteiger partial charge in [0.1, 0.15) is 18.3 Å². The number of hydrogen-bond donors (Lipinski definition) is 1. The minimum absolute atomic E-state index is 0.0372. The van der Waals surface area contributed by atoms with Gasteiger partial charge < -0.3 is 15.0 Å². The molecule has 41 heavy (non-hydrogen) atoms. The summed E-state index contributed by atoms with van der Waals surface area (Å²) in [6.45, 7) is 8.46. The number of nitrogens with zero attached hydrogens (tertiary/aromatic N) is 2. The molecule has 3 aromatic rings. The second-order valence-corrected chi connectivity index (χ2v) is 12.0. The maximum atomic E-state index is 14.0. The van der Waals surface area contributed by atoms with Crippen LogP contribution in [-0.2, 0) is 26.0 Å². The van der Waals surface area contributed by atoms with Crippen LogP contribution in [0.4, 0.5) is 5.69 Å². The van der Waals surface area contributed by atoms with Crippen molar-refractivity contribution in [2.75, 3.05) is 30.5 Å². The van der Waals surface area contributed by atoms with Gasteiger partial charge in [0.05, 0.1) is 17.2 Å². The molecule has 220 valence electrons. The highest BCUT2D eigenvalue weighted by Crippen LogP contribution is 2.26. The summed E-state index contributed by atoms with van der Waals surface area (Å²) in [5.41, 5.74) is 1.37. The molecule has 0 aromatic heterocycles. The Balaban J connectivity index is 1.96. The Morgan fingerprint density at radius 1 is 0.878 bits per heavy atom. The van der Waals surface area contributed by atoms with E-state index in [9.17, 15) is 18.0 Å². The molecule has 0 saturated carbocycles. The smallest absolute Gasteiger partial charge is 0.264 e. The quantitative estimate of drug-likeness (QED) is 0.276. The molecule has 0 fully saturated rings. The molecule has 2 amide bonds. The van der Waals surface area contributed by atoms with E-state index in [0.29, 0.717) is 37.4 Å². The first-order valence-electron chi connectivity index (χ1n) is 14.1. The van der Waals surface area contributed by atoms with E-state index in [1.807, 2.05) is 58.0 Å². The number of carbonyl (C=O) groups excluding carboxylic acids is 2. The number of hydrogen-bond acceptors (Lipinski definition) is 5. The molecule has 0 spiro atoms. The molecule has 0 bridgehead atoms. The van der Waals surface area contributed by atoms with Gasteiger partial charge in [-0.1, -0.05) is 69.3 Å². The highest BCUT2D eigenvalue weighted by atomic mass is 32.2. The van der Waals surface area contributed by atoms with Crippen LogP contribution in [0, 0.1) is 5.92 Å². The molecule has 3 rings (SSSR count). The maximum absolute atomic E-state index is 14.0. The fourth-order valence-corrected chi connectivity index (χ4v) is 5.86. The SMILES string of the molecule is CCOc1ccc(S(=O)(=O)N(CC(=O)N(CCc2ccccc2)[C@H](CC)C(=O)NCC(C)C)c2ccccc2)cc1. The van der Waals surface area contributed by atoms with Crippen LogP contribution in [0.1, 0.15) is 39.7 Å². The summed E-state index contributed by atoms with van der Waals surface area (Å²) in [6, 6.07) is 23.6. The van der Waals surface area contributed by atoms with Crippen LogP contribution >= 0.6 is 0 Å². The fraction of sp³-hybridized carbons (Fsp3) is 0.375. The topological polar surface area (TPSA) is 96.0 Å². The molecule has 0 saturated heterocycles. The number of benzene rings is 3. The molecule has 0 aliphatic carbocycles. The van der Waals surface area contributed by atoms with Crippen molar-refractivity contribution in [3.05, 3.63) is 90.5 Å². The van der Waals surface area contributed by atoms with Crippen molar-refractivity contribution in [2.45, 2.75) is 51.5 Å². The van der Waals surface area contributed by atoms with Crippen LogP contribution in [-0.4, -0.2) is 57.4 Å². The standard InChI is InChI=1S/C32H41N3O5S/c1-5-30(32(37)33-23-25(3)4)34(22-21-26-13-9-7-10-14-26)31(36)24-35(27-15-11-8-12-16-27)41(38,39)29-19-17-28(18-20-29)40-6-2/h7-20,25,30H,5-6,21-24H2,1-4H3,(H,33,37)/t30-/m1/s1. The van der Waals surface area contributed by atoms with Crippen LogP contribution < -0.4 is 14.4 Å². The van der Waals surface area contributed by atoms with Crippen LogP contribution in [0.3, 0.4) is 0 Å². The Labute approximate surface area is 244 Å². The number of sulfonamides is 1. The number of carbonyl (C=O) groups is 2. The highest BCUT2D eigenvalue weighted by molar-refractivity contribution is 7.92. The van der Waals surface area contributed by atoms with E-state index in [0.717, 1.165) is 9.87 Å². The number of amides is 2. The van der Waals surface area contributed by atoms with E-state index in [1.54, 1.807) is 42.5 Å². The van der Waals surface area contributed by atoms with Gasteiger partial charge in [-0.2, -0.15) is 0 Å². The third-order valence-corrected chi connectivity index (χ3v) is 8.39. The number of anilines is 1. The lowest BCUT2D eigenvalue weighted by molar-refractivity contribution is -0.139. The number of nitrogens with one attached hydrogen (secondary N) is 1. The van der Waals surface area contributed by atoms with Crippen LogP contribution in [0.5, 0.6) is 5.75 Å². The average Bonchev–Trinajstić information content (AvgIpc) is 2.98. The highest BCUT2D eigenvalue weighted by Gasteiger charge is 2.33. The van der Waals surface area contributed by atoms with Gasteiger partial charge in [-0.05, 0) is 67.6 Å². The lowest BCUT2D eigenvalue weighted by Gasteiger charge is -2.33. The van der Waals surface area contributed by atoms with Gasteiger partial charge in [-0.25, -0.2) is 8.42 Å². The van der Waals surface area contributed by atoms with Gasteiger partial charge in [0, 0.05) is 13.1 Å². The molecule has 0 aliphatic rings. The predicted octanol–water partition coefficient (Wildman–Crippen LogP) is 4.90. The van der Waals surface area contributed by atoms with Gasteiger partial charge in [0.15, 0.2) is 0 Å². The maximum Gasteiger partial charge on any atom is 0.264 e. The summed E-state index contributed by atoms with van der Waals surface area (Å²) in [6.07, 6.45) is 0.916. The van der Waals surface area contributed by atoms with Crippen molar-refractivity contribution >= 4 is 27.5 Å². The first-order chi connectivity index (χ1) is 19.7. The summed E-state index contributed by atoms with van der Waals surface area (Å²) in [5.74, 6) is 0.103. The van der Waals surface area contributed by atoms with Gasteiger partial charge >= 0.3 is 0 Å². The zero-order chi connectivity index (χ0) is 29.8. The molecular formula is C32H41N3O5S. The molecular weight excluding hydrogens is 538 g/mol. The zero-order valence-electron chi connectivity index (χ0n) is 24.3. The van der Waals surface area contributed by atoms with Crippen molar-refractivity contribution in [2.24, 2.45) is 5.92 Å². The van der Waals surface area contributed by atoms with E-state index in [1.165, 1.54) is 17.0 Å².